The Bertz CT molecular complexity index is 1150. The first-order valence-electron chi connectivity index (χ1n) is 11.2. The molecule has 3 aromatic carbocycles. The molecule has 2 atom stereocenters. The molecule has 0 bridgehead atoms. The Morgan fingerprint density at radius 2 is 1.76 bits per heavy atom. The lowest BCUT2D eigenvalue weighted by Gasteiger charge is -2.24. The summed E-state index contributed by atoms with van der Waals surface area (Å²) in [4.78, 5) is 11.5. The van der Waals surface area contributed by atoms with Gasteiger partial charge in [-0.15, -0.1) is 11.8 Å². The molecule has 1 aliphatic heterocycles. The van der Waals surface area contributed by atoms with Gasteiger partial charge in [0, 0.05) is 11.3 Å². The molecular formula is C27H31NO4S. The van der Waals surface area contributed by atoms with Crippen LogP contribution in [0.2, 0.25) is 0 Å². The van der Waals surface area contributed by atoms with Gasteiger partial charge in [-0.05, 0) is 40.8 Å². The van der Waals surface area contributed by atoms with Crippen molar-refractivity contribution in [1.82, 2.24) is 5.32 Å². The van der Waals surface area contributed by atoms with E-state index < -0.39 is 12.0 Å². The third-order valence-electron chi connectivity index (χ3n) is 5.81. The number of fused-ring (bicyclic) bond motifs is 1. The fraction of sp³-hybridized carbons (Fsp3) is 0.370. The van der Waals surface area contributed by atoms with Crippen LogP contribution in [0, 0.1) is 6.92 Å². The summed E-state index contributed by atoms with van der Waals surface area (Å²) in [6, 6.07) is 17.9. The van der Waals surface area contributed by atoms with Gasteiger partial charge in [0.15, 0.2) is 0 Å². The van der Waals surface area contributed by atoms with Crippen LogP contribution >= 0.6 is 11.8 Å². The highest BCUT2D eigenvalue weighted by Crippen LogP contribution is 2.42. The van der Waals surface area contributed by atoms with Crippen molar-refractivity contribution in [2.75, 3.05) is 19.0 Å². The average molecular weight is 466 g/mol. The second-order valence-electron chi connectivity index (χ2n) is 9.42. The van der Waals surface area contributed by atoms with Crippen molar-refractivity contribution in [3.63, 3.8) is 0 Å². The average Bonchev–Trinajstić information content (AvgIpc) is 3.26. The number of aryl methyl sites for hydroxylation is 1. The van der Waals surface area contributed by atoms with Crippen LogP contribution < -0.4 is 14.8 Å². The Morgan fingerprint density at radius 1 is 1.06 bits per heavy atom. The minimum absolute atomic E-state index is 0.0141. The number of carboxylic acid groups (broad SMARTS) is 1. The Morgan fingerprint density at radius 3 is 2.45 bits per heavy atom. The van der Waals surface area contributed by atoms with E-state index in [4.69, 9.17) is 9.47 Å². The van der Waals surface area contributed by atoms with E-state index in [1.54, 1.807) is 11.8 Å². The van der Waals surface area contributed by atoms with Crippen LogP contribution in [0.1, 0.15) is 42.8 Å². The van der Waals surface area contributed by atoms with Crippen LogP contribution in [0.3, 0.4) is 0 Å². The smallest absolute Gasteiger partial charge is 0.321 e. The molecular weight excluding hydrogens is 434 g/mol. The highest BCUT2D eigenvalue weighted by atomic mass is 32.2. The molecule has 0 aromatic heterocycles. The first kappa shape index (κ1) is 23.5. The predicted molar refractivity (Wildman–Crippen MR) is 135 cm³/mol. The molecule has 5 nitrogen and oxygen atoms in total. The summed E-state index contributed by atoms with van der Waals surface area (Å²) < 4.78 is 12.3. The molecule has 4 rings (SSSR count). The minimum atomic E-state index is -0.825. The van der Waals surface area contributed by atoms with Crippen molar-refractivity contribution < 1.29 is 19.4 Å². The summed E-state index contributed by atoms with van der Waals surface area (Å²) in [6.07, 6.45) is 0. The first-order valence-corrected chi connectivity index (χ1v) is 12.3. The van der Waals surface area contributed by atoms with Crippen molar-refractivity contribution in [3.05, 3.63) is 71.3 Å². The number of thioether (sulfide) groups is 1. The van der Waals surface area contributed by atoms with Gasteiger partial charge in [0.2, 0.25) is 0 Å². The number of rotatable bonds is 7. The number of carboxylic acids is 1. The highest BCUT2D eigenvalue weighted by Gasteiger charge is 2.33. The third kappa shape index (κ3) is 5.28. The fourth-order valence-electron chi connectivity index (χ4n) is 4.11. The maximum Gasteiger partial charge on any atom is 0.321 e. The predicted octanol–water partition coefficient (Wildman–Crippen LogP) is 5.69. The maximum absolute atomic E-state index is 11.5. The molecule has 1 aliphatic rings. The quantitative estimate of drug-likeness (QED) is 0.437. The van der Waals surface area contributed by atoms with Crippen LogP contribution in [-0.4, -0.2) is 36.1 Å². The van der Waals surface area contributed by atoms with E-state index in [0.717, 1.165) is 27.8 Å². The van der Waals surface area contributed by atoms with Gasteiger partial charge in [0.05, 0.1) is 5.37 Å². The van der Waals surface area contributed by atoms with E-state index in [9.17, 15) is 9.90 Å². The Kier molecular flexibility index (Phi) is 6.86. The monoisotopic (exact) mass is 465 g/mol. The molecule has 0 radical (unpaired) electrons. The van der Waals surface area contributed by atoms with E-state index in [1.807, 2.05) is 30.3 Å². The molecule has 3 aromatic rings. The molecule has 1 fully saturated rings. The summed E-state index contributed by atoms with van der Waals surface area (Å²) in [5, 5.41) is 14.7. The number of aliphatic carboxylic acids is 1. The number of ether oxygens (including phenoxy) is 2. The van der Waals surface area contributed by atoms with E-state index >= 15 is 0 Å². The summed E-state index contributed by atoms with van der Waals surface area (Å²) >= 11 is 1.60. The van der Waals surface area contributed by atoms with E-state index in [2.05, 4.69) is 57.3 Å². The zero-order valence-electron chi connectivity index (χ0n) is 19.6. The Labute approximate surface area is 199 Å². The van der Waals surface area contributed by atoms with E-state index in [-0.39, 0.29) is 10.8 Å². The minimum Gasteiger partial charge on any atom is -0.490 e. The van der Waals surface area contributed by atoms with E-state index in [0.29, 0.717) is 19.0 Å². The molecule has 0 spiro atoms. The largest absolute Gasteiger partial charge is 0.490 e. The van der Waals surface area contributed by atoms with Crippen LogP contribution in [0.5, 0.6) is 11.5 Å². The molecule has 33 heavy (non-hydrogen) atoms. The van der Waals surface area contributed by atoms with Gasteiger partial charge in [0.25, 0.3) is 0 Å². The molecule has 2 N–H and O–H groups in total. The second-order valence-corrected chi connectivity index (χ2v) is 10.6. The molecule has 2 unspecified atom stereocenters. The molecule has 0 amide bonds. The van der Waals surface area contributed by atoms with E-state index in [1.165, 1.54) is 11.1 Å². The van der Waals surface area contributed by atoms with Crippen LogP contribution in [0.4, 0.5) is 0 Å². The van der Waals surface area contributed by atoms with Gasteiger partial charge in [-0.25, -0.2) is 0 Å². The summed E-state index contributed by atoms with van der Waals surface area (Å²) in [5.41, 5.74) is 3.37. The number of nitrogens with one attached hydrogen (secondary N) is 1. The van der Waals surface area contributed by atoms with Gasteiger partial charge in [-0.1, -0.05) is 68.8 Å². The van der Waals surface area contributed by atoms with Gasteiger partial charge in [0.1, 0.15) is 30.8 Å². The first-order chi connectivity index (χ1) is 15.7. The Balaban J connectivity index is 1.51. The number of hydrogen-bond donors (Lipinski definition) is 2. The molecule has 0 saturated carbocycles. The maximum atomic E-state index is 11.5. The molecule has 174 valence electrons. The van der Waals surface area contributed by atoms with Gasteiger partial charge >= 0.3 is 5.97 Å². The fourth-order valence-corrected chi connectivity index (χ4v) is 5.41. The Hall–Kier alpha value is -2.70. The lowest BCUT2D eigenvalue weighted by Crippen LogP contribution is -2.33. The normalized spacial score (nSPS) is 18.4. The van der Waals surface area contributed by atoms with Crippen molar-refractivity contribution >= 4 is 28.5 Å². The van der Waals surface area contributed by atoms with Crippen LogP contribution in [-0.2, 0) is 10.2 Å². The van der Waals surface area contributed by atoms with Crippen molar-refractivity contribution in [3.8, 4) is 11.5 Å². The lowest BCUT2D eigenvalue weighted by molar-refractivity contribution is -0.138. The van der Waals surface area contributed by atoms with Crippen molar-refractivity contribution in [2.45, 2.75) is 44.5 Å². The number of carbonyl (C=O) groups is 1. The van der Waals surface area contributed by atoms with Crippen molar-refractivity contribution in [1.29, 1.82) is 0 Å². The summed E-state index contributed by atoms with van der Waals surface area (Å²) in [6.45, 7) is 9.45. The van der Waals surface area contributed by atoms with Gasteiger partial charge in [-0.2, -0.15) is 0 Å². The standard InChI is InChI=1S/C27H31NO4S/c1-17-9-11-22(20(15-17)27(2,3)4)31-13-14-32-23-12-10-18-7-5-6-8-19(18)24(23)25-28-21(16-33-25)26(29)30/h5-12,15,21,25,28H,13-14,16H2,1-4H3,(H,29,30). The lowest BCUT2D eigenvalue weighted by atomic mass is 9.85. The van der Waals surface area contributed by atoms with Gasteiger partial charge in [-0.3, -0.25) is 10.1 Å². The molecule has 6 heteroatoms. The van der Waals surface area contributed by atoms with Gasteiger partial charge < -0.3 is 14.6 Å². The third-order valence-corrected chi connectivity index (χ3v) is 7.05. The molecule has 1 heterocycles. The second kappa shape index (κ2) is 9.65. The number of hydrogen-bond acceptors (Lipinski definition) is 5. The van der Waals surface area contributed by atoms with Crippen molar-refractivity contribution in [2.24, 2.45) is 0 Å². The molecule has 1 saturated heterocycles. The number of benzene rings is 3. The molecule has 0 aliphatic carbocycles. The zero-order chi connectivity index (χ0) is 23.6. The summed E-state index contributed by atoms with van der Waals surface area (Å²) in [5.74, 6) is 1.34. The topological polar surface area (TPSA) is 67.8 Å². The highest BCUT2D eigenvalue weighted by molar-refractivity contribution is 7.99. The zero-order valence-corrected chi connectivity index (χ0v) is 20.4. The SMILES string of the molecule is Cc1ccc(OCCOc2ccc3ccccc3c2C2NC(C(=O)O)CS2)c(C(C)(C)C)c1. The summed E-state index contributed by atoms with van der Waals surface area (Å²) in [7, 11) is 0. The van der Waals surface area contributed by atoms with Crippen LogP contribution in [0.25, 0.3) is 10.8 Å². The van der Waals surface area contributed by atoms with Crippen LogP contribution in [0.15, 0.2) is 54.6 Å².